The van der Waals surface area contributed by atoms with Crippen LogP contribution >= 0.6 is 0 Å². The van der Waals surface area contributed by atoms with Crippen molar-refractivity contribution in [2.45, 2.75) is 25.8 Å². The number of hydrogen-bond donors (Lipinski definition) is 1. The number of hydrogen-bond acceptors (Lipinski definition) is 4. The van der Waals surface area contributed by atoms with E-state index in [1.165, 1.54) is 0 Å². The molecule has 2 aliphatic rings. The highest BCUT2D eigenvalue weighted by molar-refractivity contribution is 5.99. The first kappa shape index (κ1) is 19.6. The highest BCUT2D eigenvalue weighted by atomic mass is 16.5. The molecular weight excluding hydrogens is 344 g/mol. The van der Waals surface area contributed by atoms with E-state index in [1.54, 1.807) is 12.0 Å². The first-order valence-electron chi connectivity index (χ1n) is 9.65. The summed E-state index contributed by atoms with van der Waals surface area (Å²) < 4.78 is 5.24. The lowest BCUT2D eigenvalue weighted by Gasteiger charge is -2.37. The Kier molecular flexibility index (Phi) is 6.34. The van der Waals surface area contributed by atoms with Crippen molar-refractivity contribution in [3.8, 4) is 0 Å². The van der Waals surface area contributed by atoms with Crippen molar-refractivity contribution in [1.29, 1.82) is 0 Å². The van der Waals surface area contributed by atoms with E-state index in [0.29, 0.717) is 31.8 Å². The minimum atomic E-state index is -0.103. The van der Waals surface area contributed by atoms with Gasteiger partial charge in [-0.15, -0.1) is 0 Å². The second kappa shape index (κ2) is 8.71. The van der Waals surface area contributed by atoms with Gasteiger partial charge in [-0.25, -0.2) is 4.79 Å². The molecule has 0 radical (unpaired) electrons. The summed E-state index contributed by atoms with van der Waals surface area (Å²) in [5.41, 5.74) is 2.43. The number of urea groups is 1. The number of piperidine rings is 1. The fourth-order valence-electron chi connectivity index (χ4n) is 3.85. The minimum absolute atomic E-state index is 0.0162. The van der Waals surface area contributed by atoms with Crippen molar-refractivity contribution in [3.05, 3.63) is 29.3 Å². The molecule has 0 aliphatic carbocycles. The number of rotatable bonds is 6. The van der Waals surface area contributed by atoms with Gasteiger partial charge < -0.3 is 19.9 Å². The van der Waals surface area contributed by atoms with Crippen LogP contribution in [0, 0.1) is 6.92 Å². The monoisotopic (exact) mass is 374 g/mol. The Morgan fingerprint density at radius 3 is 2.67 bits per heavy atom. The quantitative estimate of drug-likeness (QED) is 0.823. The van der Waals surface area contributed by atoms with Crippen LogP contribution < -0.4 is 10.2 Å². The fraction of sp³-hybridized carbons (Fsp3) is 0.600. The van der Waals surface area contributed by atoms with Gasteiger partial charge in [0.05, 0.1) is 6.61 Å². The molecule has 3 amide bonds. The van der Waals surface area contributed by atoms with Gasteiger partial charge in [0.25, 0.3) is 5.91 Å². The molecule has 0 atom stereocenters. The summed E-state index contributed by atoms with van der Waals surface area (Å²) in [6, 6.07) is 5.77. The Labute approximate surface area is 161 Å². The summed E-state index contributed by atoms with van der Waals surface area (Å²) >= 11 is 0. The number of carbonyl (C=O) groups is 2. The number of amides is 3. The summed E-state index contributed by atoms with van der Waals surface area (Å²) in [6.07, 6.45) is 1.94. The maximum Gasteiger partial charge on any atom is 0.322 e. The molecule has 0 aromatic heterocycles. The Hall–Kier alpha value is -2.12. The molecule has 2 heterocycles. The van der Waals surface area contributed by atoms with Crippen LogP contribution in [0.5, 0.6) is 0 Å². The molecule has 27 heavy (non-hydrogen) atoms. The third-order valence-corrected chi connectivity index (χ3v) is 5.53. The van der Waals surface area contributed by atoms with Crippen LogP contribution in [-0.2, 0) is 4.74 Å². The molecule has 7 nitrogen and oxygen atoms in total. The number of benzene rings is 1. The van der Waals surface area contributed by atoms with E-state index in [2.05, 4.69) is 17.3 Å². The molecule has 1 N–H and O–H groups in total. The number of anilines is 1. The Bertz CT molecular complexity index is 686. The summed E-state index contributed by atoms with van der Waals surface area (Å²) in [5.74, 6) is 0.0162. The molecule has 3 rings (SSSR count). The fourth-order valence-corrected chi connectivity index (χ4v) is 3.85. The molecule has 2 fully saturated rings. The second-order valence-electron chi connectivity index (χ2n) is 7.41. The van der Waals surface area contributed by atoms with Crippen molar-refractivity contribution in [2.75, 3.05) is 58.4 Å². The highest BCUT2D eigenvalue weighted by Gasteiger charge is 2.29. The molecule has 0 unspecified atom stereocenters. The summed E-state index contributed by atoms with van der Waals surface area (Å²) in [6.45, 7) is 6.31. The van der Waals surface area contributed by atoms with Crippen molar-refractivity contribution in [3.63, 3.8) is 0 Å². The second-order valence-corrected chi connectivity index (χ2v) is 7.41. The number of ether oxygens (including phenoxy) is 1. The maximum atomic E-state index is 13.3. The number of likely N-dealkylation sites (tertiary alicyclic amines) is 1. The normalized spacial score (nSPS) is 18.6. The molecular formula is C20H30N4O3. The first-order valence-corrected chi connectivity index (χ1v) is 9.65. The minimum Gasteiger partial charge on any atom is -0.383 e. The van der Waals surface area contributed by atoms with Gasteiger partial charge in [0.2, 0.25) is 0 Å². The van der Waals surface area contributed by atoms with E-state index in [4.69, 9.17) is 4.74 Å². The van der Waals surface area contributed by atoms with Gasteiger partial charge in [-0.05, 0) is 57.6 Å². The van der Waals surface area contributed by atoms with Crippen LogP contribution in [0.15, 0.2) is 18.2 Å². The molecule has 148 valence electrons. The first-order chi connectivity index (χ1) is 13.0. The van der Waals surface area contributed by atoms with Gasteiger partial charge in [-0.1, -0.05) is 6.07 Å². The molecule has 2 aliphatic heterocycles. The SMILES string of the molecule is COCCN(C(=O)c1ccc(C)c(N2CCNC2=O)c1)C1CCN(C)CC1. The maximum absolute atomic E-state index is 13.3. The Morgan fingerprint density at radius 2 is 2.04 bits per heavy atom. The average Bonchev–Trinajstić information content (AvgIpc) is 3.09. The number of aryl methyl sites for hydroxylation is 1. The topological polar surface area (TPSA) is 65.1 Å². The van der Waals surface area contributed by atoms with Crippen LogP contribution in [0.1, 0.15) is 28.8 Å². The lowest BCUT2D eigenvalue weighted by atomic mass is 10.0. The largest absolute Gasteiger partial charge is 0.383 e. The predicted octanol–water partition coefficient (Wildman–Crippen LogP) is 1.71. The molecule has 7 heteroatoms. The van der Waals surface area contributed by atoms with Crippen molar-refractivity contribution < 1.29 is 14.3 Å². The smallest absolute Gasteiger partial charge is 0.322 e. The van der Waals surface area contributed by atoms with Gasteiger partial charge in [0.15, 0.2) is 0 Å². The molecule has 1 aromatic rings. The third kappa shape index (κ3) is 4.42. The third-order valence-electron chi connectivity index (χ3n) is 5.53. The van der Waals surface area contributed by atoms with E-state index >= 15 is 0 Å². The summed E-state index contributed by atoms with van der Waals surface area (Å²) in [7, 11) is 3.78. The van der Waals surface area contributed by atoms with Crippen molar-refractivity contribution >= 4 is 17.6 Å². The average molecular weight is 374 g/mol. The number of methoxy groups -OCH3 is 1. The molecule has 2 saturated heterocycles. The number of nitrogens with zero attached hydrogens (tertiary/aromatic N) is 3. The number of nitrogens with one attached hydrogen (secondary N) is 1. The van der Waals surface area contributed by atoms with E-state index in [1.807, 2.05) is 30.0 Å². The lowest BCUT2D eigenvalue weighted by Crippen LogP contribution is -2.47. The van der Waals surface area contributed by atoms with Crippen LogP contribution in [0.25, 0.3) is 0 Å². The van der Waals surface area contributed by atoms with Crippen LogP contribution in [0.2, 0.25) is 0 Å². The predicted molar refractivity (Wildman–Crippen MR) is 105 cm³/mol. The van der Waals surface area contributed by atoms with E-state index in [-0.39, 0.29) is 18.0 Å². The highest BCUT2D eigenvalue weighted by Crippen LogP contribution is 2.25. The van der Waals surface area contributed by atoms with Gasteiger partial charge in [0.1, 0.15) is 0 Å². The van der Waals surface area contributed by atoms with Crippen LogP contribution in [0.4, 0.5) is 10.5 Å². The van der Waals surface area contributed by atoms with Gasteiger partial charge >= 0.3 is 6.03 Å². The van der Waals surface area contributed by atoms with Gasteiger partial charge in [0, 0.05) is 44.0 Å². The summed E-state index contributed by atoms with van der Waals surface area (Å²) in [5, 5.41) is 2.82. The van der Waals surface area contributed by atoms with Crippen LogP contribution in [0.3, 0.4) is 0 Å². The van der Waals surface area contributed by atoms with E-state index in [0.717, 1.165) is 37.2 Å². The van der Waals surface area contributed by atoms with Crippen molar-refractivity contribution in [1.82, 2.24) is 15.1 Å². The lowest BCUT2D eigenvalue weighted by molar-refractivity contribution is 0.0505. The zero-order valence-electron chi connectivity index (χ0n) is 16.5. The molecule has 0 saturated carbocycles. The Morgan fingerprint density at radius 1 is 1.30 bits per heavy atom. The van der Waals surface area contributed by atoms with E-state index < -0.39 is 0 Å². The molecule has 1 aromatic carbocycles. The van der Waals surface area contributed by atoms with Gasteiger partial charge in [-0.3, -0.25) is 9.69 Å². The van der Waals surface area contributed by atoms with Gasteiger partial charge in [-0.2, -0.15) is 0 Å². The standard InChI is InChI=1S/C20H30N4O3/c1-15-4-5-16(14-18(15)24-11-8-21-20(24)26)19(25)23(12-13-27-3)17-6-9-22(2)10-7-17/h4-5,14,17H,6-13H2,1-3H3,(H,21,26). The van der Waals surface area contributed by atoms with Crippen molar-refractivity contribution in [2.24, 2.45) is 0 Å². The molecule has 0 spiro atoms. The zero-order valence-corrected chi connectivity index (χ0v) is 16.5. The van der Waals surface area contributed by atoms with Crippen LogP contribution in [-0.4, -0.2) is 81.3 Å². The number of carbonyl (C=O) groups excluding carboxylic acids is 2. The summed E-state index contributed by atoms with van der Waals surface area (Å²) in [4.78, 5) is 31.3. The van der Waals surface area contributed by atoms with E-state index in [9.17, 15) is 9.59 Å². The molecule has 0 bridgehead atoms. The zero-order chi connectivity index (χ0) is 19.4. The Balaban J connectivity index is 1.83.